The fourth-order valence-corrected chi connectivity index (χ4v) is 9.03. The van der Waals surface area contributed by atoms with Gasteiger partial charge in [0.05, 0.1) is 19.3 Å². The first-order valence-corrected chi connectivity index (χ1v) is 12.3. The summed E-state index contributed by atoms with van der Waals surface area (Å²) in [4.78, 5) is 26.5. The van der Waals surface area contributed by atoms with E-state index in [1.54, 1.807) is 6.92 Å². The normalized spacial score (nSPS) is 54.8. The van der Waals surface area contributed by atoms with Crippen LogP contribution >= 0.6 is 0 Å². The van der Waals surface area contributed by atoms with Gasteiger partial charge in [0.1, 0.15) is 23.7 Å². The maximum absolute atomic E-state index is 13.3. The van der Waals surface area contributed by atoms with E-state index in [2.05, 4.69) is 6.58 Å². The summed E-state index contributed by atoms with van der Waals surface area (Å²) in [6.07, 6.45) is 2.02. The Balaban J connectivity index is 1.61. The van der Waals surface area contributed by atoms with Gasteiger partial charge in [-0.3, -0.25) is 13.8 Å². The van der Waals surface area contributed by atoms with Crippen LogP contribution in [0.2, 0.25) is 0 Å². The number of carbonyl (C=O) groups excluding carboxylic acids is 2. The summed E-state index contributed by atoms with van der Waals surface area (Å²) in [6, 6.07) is 0. The van der Waals surface area contributed by atoms with Crippen molar-refractivity contribution in [2.45, 2.75) is 56.5 Å². The molecule has 0 aromatic heterocycles. The molecule has 0 unspecified atom stereocenters. The number of hydrogen-bond acceptors (Lipinski definition) is 8. The summed E-state index contributed by atoms with van der Waals surface area (Å²) in [5, 5.41) is 0. The lowest BCUT2D eigenvalue weighted by Gasteiger charge is -2.46. The van der Waals surface area contributed by atoms with Gasteiger partial charge in [-0.15, -0.1) is 0 Å². The van der Waals surface area contributed by atoms with Crippen LogP contribution in [0.15, 0.2) is 12.2 Å². The Bertz CT molecular complexity index is 1000. The van der Waals surface area contributed by atoms with E-state index in [4.69, 9.17) is 18.4 Å². The van der Waals surface area contributed by atoms with Crippen molar-refractivity contribution < 1.29 is 36.4 Å². The molecule has 4 aliphatic carbocycles. The highest BCUT2D eigenvalue weighted by Crippen LogP contribution is 2.80. The number of hydrogen-bond donors (Lipinski definition) is 0. The maximum atomic E-state index is 13.3. The monoisotopic (exact) mass is 438 g/mol. The lowest BCUT2D eigenvalue weighted by atomic mass is 9.59. The predicted molar refractivity (Wildman–Crippen MR) is 101 cm³/mol. The molecule has 30 heavy (non-hydrogen) atoms. The summed E-state index contributed by atoms with van der Waals surface area (Å²) in [6.45, 7) is 6.07. The number of rotatable bonds is 3. The first-order chi connectivity index (χ1) is 14.0. The van der Waals surface area contributed by atoms with Gasteiger partial charge < -0.3 is 14.2 Å². The van der Waals surface area contributed by atoms with Crippen molar-refractivity contribution >= 4 is 22.1 Å². The minimum absolute atomic E-state index is 0.211. The van der Waals surface area contributed by atoms with Gasteiger partial charge in [0.2, 0.25) is 0 Å². The van der Waals surface area contributed by atoms with E-state index in [9.17, 15) is 18.0 Å². The zero-order valence-electron chi connectivity index (χ0n) is 17.3. The van der Waals surface area contributed by atoms with Crippen LogP contribution in [0.4, 0.5) is 0 Å². The highest BCUT2D eigenvalue weighted by molar-refractivity contribution is 7.86. The van der Waals surface area contributed by atoms with Crippen LogP contribution in [-0.2, 0) is 38.1 Å². The molecule has 164 valence electrons. The average molecular weight is 438 g/mol. The van der Waals surface area contributed by atoms with Crippen LogP contribution in [0, 0.1) is 34.5 Å². The van der Waals surface area contributed by atoms with Gasteiger partial charge >= 0.3 is 11.9 Å². The first-order valence-electron chi connectivity index (χ1n) is 10.5. The van der Waals surface area contributed by atoms with Crippen molar-refractivity contribution in [3.8, 4) is 0 Å². The molecule has 0 radical (unpaired) electrons. The Morgan fingerprint density at radius 2 is 2.03 bits per heavy atom. The van der Waals surface area contributed by atoms with Gasteiger partial charge in [-0.2, -0.15) is 8.42 Å². The molecule has 9 heteroatoms. The Kier molecular flexibility index (Phi) is 3.40. The number of esters is 2. The van der Waals surface area contributed by atoms with Crippen molar-refractivity contribution in [2.24, 2.45) is 34.5 Å². The SMILES string of the molecule is C=C1C[C@]23C[C@H]1CC[C@H]2[C@@]12OC(=O)[C@](C)([C@H]1[C@@H]3C(=O)OC)[C@H]1O[C@H]1[C@@H]2OS(C)(=O)=O. The highest BCUT2D eigenvalue weighted by atomic mass is 32.2. The van der Waals surface area contributed by atoms with Crippen molar-refractivity contribution in [1.82, 2.24) is 0 Å². The molecule has 10 atom stereocenters. The largest absolute Gasteiger partial charge is 0.469 e. The van der Waals surface area contributed by atoms with Gasteiger partial charge in [0, 0.05) is 11.8 Å². The van der Waals surface area contributed by atoms with Crippen LogP contribution in [0.5, 0.6) is 0 Å². The van der Waals surface area contributed by atoms with Crippen LogP contribution < -0.4 is 0 Å². The zero-order chi connectivity index (χ0) is 21.4. The maximum Gasteiger partial charge on any atom is 0.315 e. The van der Waals surface area contributed by atoms with Crippen LogP contribution in [0.3, 0.4) is 0 Å². The lowest BCUT2D eigenvalue weighted by molar-refractivity contribution is -0.174. The molecular weight excluding hydrogens is 412 g/mol. The van der Waals surface area contributed by atoms with E-state index in [1.165, 1.54) is 7.11 Å². The Morgan fingerprint density at radius 1 is 1.30 bits per heavy atom. The Labute approximate surface area is 175 Å². The van der Waals surface area contributed by atoms with Crippen LogP contribution in [0.1, 0.15) is 32.6 Å². The molecule has 0 amide bonds. The van der Waals surface area contributed by atoms with Crippen LogP contribution in [-0.4, -0.2) is 57.6 Å². The summed E-state index contributed by atoms with van der Waals surface area (Å²) < 4.78 is 47.3. The molecule has 0 N–H and O–H groups in total. The first kappa shape index (κ1) is 19.3. The Hall–Kier alpha value is -1.45. The number of epoxide rings is 1. The number of allylic oxidation sites excluding steroid dienone is 1. The van der Waals surface area contributed by atoms with Crippen molar-refractivity contribution in [1.29, 1.82) is 0 Å². The van der Waals surface area contributed by atoms with Gasteiger partial charge in [0.25, 0.3) is 10.1 Å². The van der Waals surface area contributed by atoms with Crippen LogP contribution in [0.25, 0.3) is 0 Å². The topological polar surface area (TPSA) is 108 Å². The molecule has 0 aromatic rings. The second kappa shape index (κ2) is 5.30. The second-order valence-corrected chi connectivity index (χ2v) is 11.9. The minimum Gasteiger partial charge on any atom is -0.469 e. The quantitative estimate of drug-likeness (QED) is 0.280. The van der Waals surface area contributed by atoms with E-state index in [0.29, 0.717) is 12.3 Å². The fourth-order valence-electron chi connectivity index (χ4n) is 8.39. The number of fused-ring (bicyclic) bond motifs is 3. The van der Waals surface area contributed by atoms with E-state index in [1.807, 2.05) is 0 Å². The van der Waals surface area contributed by atoms with Crippen molar-refractivity contribution in [3.05, 3.63) is 12.2 Å². The molecule has 4 bridgehead atoms. The third-order valence-corrected chi connectivity index (χ3v) is 9.75. The summed E-state index contributed by atoms with van der Waals surface area (Å²) in [7, 11) is -2.49. The molecular formula is C21H26O8S. The van der Waals surface area contributed by atoms with E-state index < -0.39 is 62.7 Å². The Morgan fingerprint density at radius 3 is 2.70 bits per heavy atom. The average Bonchev–Trinajstić information content (AvgIpc) is 3.33. The van der Waals surface area contributed by atoms with Gasteiger partial charge in [-0.25, -0.2) is 0 Å². The molecule has 4 saturated carbocycles. The van der Waals surface area contributed by atoms with Gasteiger partial charge in [0.15, 0.2) is 5.60 Å². The summed E-state index contributed by atoms with van der Waals surface area (Å²) >= 11 is 0. The summed E-state index contributed by atoms with van der Waals surface area (Å²) in [5.74, 6) is -1.84. The predicted octanol–water partition coefficient (Wildman–Crippen LogP) is 1.20. The third-order valence-electron chi connectivity index (χ3n) is 9.19. The standard InChI is InChI=1S/C21H26O8S/c1-9-7-20-8-10(9)5-6-11(20)21-14(12(20)17(22)26-3)19(2,18(23)28-21)15-13(27-15)16(21)29-30(4,24)25/h10-16H,1,5-8H2,2-4H3/t10-,11-,12-,13-,14-,15+,16+,19-,20+,21-/m1/s1. The molecule has 6 fully saturated rings. The molecule has 2 aliphatic heterocycles. The fraction of sp³-hybridized carbons (Fsp3) is 0.810. The lowest BCUT2D eigenvalue weighted by Crippen LogP contribution is -2.60. The molecule has 2 heterocycles. The smallest absolute Gasteiger partial charge is 0.315 e. The zero-order valence-corrected chi connectivity index (χ0v) is 18.1. The second-order valence-electron chi connectivity index (χ2n) is 10.3. The molecule has 1 spiro atoms. The number of methoxy groups -OCH3 is 1. The van der Waals surface area contributed by atoms with E-state index in [0.717, 1.165) is 31.1 Å². The highest BCUT2D eigenvalue weighted by Gasteiger charge is 2.91. The van der Waals surface area contributed by atoms with Gasteiger partial charge in [-0.1, -0.05) is 12.2 Å². The van der Waals surface area contributed by atoms with E-state index in [-0.39, 0.29) is 11.9 Å². The number of ether oxygens (including phenoxy) is 3. The summed E-state index contributed by atoms with van der Waals surface area (Å²) in [5.41, 5.74) is -1.60. The molecule has 8 nitrogen and oxygen atoms in total. The van der Waals surface area contributed by atoms with Crippen molar-refractivity contribution in [3.63, 3.8) is 0 Å². The van der Waals surface area contributed by atoms with Gasteiger partial charge in [-0.05, 0) is 43.9 Å². The minimum atomic E-state index is -3.85. The third kappa shape index (κ3) is 1.90. The molecule has 2 saturated heterocycles. The molecule has 6 rings (SSSR count). The molecule has 0 aromatic carbocycles. The van der Waals surface area contributed by atoms with Crippen molar-refractivity contribution in [2.75, 3.05) is 13.4 Å². The van der Waals surface area contributed by atoms with E-state index >= 15 is 0 Å². The number of carbonyl (C=O) groups is 2. The molecule has 6 aliphatic rings.